The highest BCUT2D eigenvalue weighted by atomic mass is 31.2. The van der Waals surface area contributed by atoms with E-state index in [1.807, 2.05) is 72.8 Å². The van der Waals surface area contributed by atoms with Crippen molar-refractivity contribution in [2.75, 3.05) is 0 Å². The molecule has 4 saturated heterocycles. The molecule has 344 valence electrons. The Kier molecular flexibility index (Phi) is 12.1. The summed E-state index contributed by atoms with van der Waals surface area (Å²) in [4.78, 5) is 0. The zero-order valence-corrected chi connectivity index (χ0v) is 39.0. The minimum Gasteiger partial charge on any atom is -0.387 e. The first-order valence-corrected chi connectivity index (χ1v) is 25.0. The van der Waals surface area contributed by atoms with Gasteiger partial charge in [0.1, 0.15) is 73.2 Å². The van der Waals surface area contributed by atoms with E-state index in [-0.39, 0.29) is 0 Å². The van der Waals surface area contributed by atoms with Crippen LogP contribution in [0.2, 0.25) is 0 Å². The van der Waals surface area contributed by atoms with E-state index in [1.165, 1.54) is 0 Å². The molecule has 0 bridgehead atoms. The van der Waals surface area contributed by atoms with Crippen molar-refractivity contribution < 1.29 is 66.3 Å². The van der Waals surface area contributed by atoms with Crippen LogP contribution in [0.25, 0.3) is 0 Å². The van der Waals surface area contributed by atoms with E-state index in [9.17, 15) is 19.3 Å². The van der Waals surface area contributed by atoms with Crippen LogP contribution < -0.4 is 21.2 Å². The maximum absolute atomic E-state index is 14.5. The van der Waals surface area contributed by atoms with E-state index in [2.05, 4.69) is 0 Å². The molecule has 6 fully saturated rings. The number of benzene rings is 4. The van der Waals surface area contributed by atoms with Gasteiger partial charge in [0.2, 0.25) is 0 Å². The third kappa shape index (κ3) is 8.66. The van der Waals surface area contributed by atoms with E-state index < -0.39 is 111 Å². The van der Waals surface area contributed by atoms with Gasteiger partial charge in [0.25, 0.3) is 14.7 Å². The van der Waals surface area contributed by atoms with E-state index in [4.69, 9.17) is 46.9 Å². The van der Waals surface area contributed by atoms with Crippen LogP contribution in [0.3, 0.4) is 0 Å². The second-order valence-electron chi connectivity index (χ2n) is 18.8. The van der Waals surface area contributed by atoms with Crippen molar-refractivity contribution in [2.24, 2.45) is 0 Å². The molecule has 14 nitrogen and oxygen atoms in total. The summed E-state index contributed by atoms with van der Waals surface area (Å²) in [6.07, 6.45) is -9.04. The fraction of sp³-hybridized carbons (Fsp3) is 0.500. The molecule has 10 rings (SSSR count). The third-order valence-electron chi connectivity index (χ3n) is 12.2. The van der Waals surface area contributed by atoms with Crippen LogP contribution in [0.4, 0.5) is 0 Å². The molecule has 0 spiro atoms. The van der Waals surface area contributed by atoms with Crippen molar-refractivity contribution in [3.05, 3.63) is 121 Å². The van der Waals surface area contributed by atoms with E-state index in [1.54, 1.807) is 104 Å². The fourth-order valence-corrected chi connectivity index (χ4v) is 14.2. The lowest BCUT2D eigenvalue weighted by molar-refractivity contribution is -0.182. The summed E-state index contributed by atoms with van der Waals surface area (Å²) in [5, 5.41) is 24.9. The van der Waals surface area contributed by atoms with Gasteiger partial charge >= 0.3 is 0 Å². The van der Waals surface area contributed by atoms with Gasteiger partial charge < -0.3 is 57.2 Å². The first kappa shape index (κ1) is 46.0. The second kappa shape index (κ2) is 16.9. The molecule has 2 aliphatic carbocycles. The zero-order valence-electron chi connectivity index (χ0n) is 37.2. The van der Waals surface area contributed by atoms with Gasteiger partial charge in [-0.05, 0) is 104 Å². The Morgan fingerprint density at radius 3 is 0.812 bits per heavy atom. The number of hydrogen-bond donors (Lipinski definition) is 2. The fourth-order valence-electron chi connectivity index (χ4n) is 9.71. The summed E-state index contributed by atoms with van der Waals surface area (Å²) >= 11 is 0. The molecule has 12 atom stereocenters. The van der Waals surface area contributed by atoms with E-state index in [0.29, 0.717) is 21.2 Å². The lowest BCUT2D eigenvalue weighted by Crippen LogP contribution is -2.62. The number of fused-ring (bicyclic) bond motifs is 6. The number of aliphatic hydroxyl groups excluding tert-OH is 2. The van der Waals surface area contributed by atoms with Crippen molar-refractivity contribution >= 4 is 36.0 Å². The first-order chi connectivity index (χ1) is 30.2. The molecule has 0 radical (unpaired) electrons. The molecule has 16 heteroatoms. The lowest BCUT2D eigenvalue weighted by Gasteiger charge is -2.41. The Morgan fingerprint density at radius 1 is 0.359 bits per heavy atom. The van der Waals surface area contributed by atoms with Gasteiger partial charge in [0.15, 0.2) is 23.1 Å². The predicted molar refractivity (Wildman–Crippen MR) is 237 cm³/mol. The molecule has 2 saturated carbocycles. The minimum atomic E-state index is -3.58. The van der Waals surface area contributed by atoms with Gasteiger partial charge in [-0.1, -0.05) is 72.8 Å². The van der Waals surface area contributed by atoms with Gasteiger partial charge in [0, 0.05) is 21.2 Å². The second-order valence-corrected chi connectivity index (χ2v) is 23.5. The highest BCUT2D eigenvalue weighted by Gasteiger charge is 2.66. The molecule has 64 heavy (non-hydrogen) atoms. The molecule has 0 unspecified atom stereocenters. The third-order valence-corrected chi connectivity index (χ3v) is 17.2. The van der Waals surface area contributed by atoms with Crippen LogP contribution in [0.15, 0.2) is 121 Å². The smallest absolute Gasteiger partial charge is 0.261 e. The summed E-state index contributed by atoms with van der Waals surface area (Å²) in [7, 11) is -7.16. The van der Waals surface area contributed by atoms with E-state index in [0.717, 1.165) is 0 Å². The lowest BCUT2D eigenvalue weighted by atomic mass is 9.85. The molecule has 6 aliphatic rings. The monoisotopic (exact) mass is 920 g/mol. The van der Waals surface area contributed by atoms with Crippen molar-refractivity contribution in [3.8, 4) is 0 Å². The molecule has 4 aliphatic heterocycles. The van der Waals surface area contributed by atoms with Gasteiger partial charge in [-0.2, -0.15) is 0 Å². The SMILES string of the molecule is CC1(C)O[C@H]2[C@@H]3OC(C)(C)O[C@@H]3[C@@H](O)[C@H](OP(=O)(c3ccccc3)c3ccccc3)[C@H]2O1.CC1(C)O[C@H]2[C@@H]3OC(C)(C)O[C@@H]3[C@@H](O)[C@H](OP(=O)(c3ccccc3)c3ccccc3)[C@H]2O1. The number of ether oxygens (including phenoxy) is 8. The van der Waals surface area contributed by atoms with Crippen LogP contribution in [0, 0.1) is 0 Å². The first-order valence-electron chi connectivity index (χ1n) is 21.8. The summed E-state index contributed by atoms with van der Waals surface area (Å²) in [5.41, 5.74) is 0. The minimum absolute atomic E-state index is 0.528. The maximum Gasteiger partial charge on any atom is 0.261 e. The van der Waals surface area contributed by atoms with Crippen LogP contribution in [0.5, 0.6) is 0 Å². The Labute approximate surface area is 374 Å². The normalized spacial score (nSPS) is 35.3. The Bertz CT molecular complexity index is 2100. The van der Waals surface area contributed by atoms with Crippen LogP contribution in [0.1, 0.15) is 55.4 Å². The molecule has 4 heterocycles. The average Bonchev–Trinajstić information content (AvgIpc) is 4.00. The van der Waals surface area contributed by atoms with Crippen molar-refractivity contribution in [1.82, 2.24) is 0 Å². The highest BCUT2D eigenvalue weighted by Crippen LogP contribution is 2.54. The quantitative estimate of drug-likeness (QED) is 0.215. The number of rotatable bonds is 8. The molecular formula is C48H58O14P2. The molecule has 0 amide bonds. The van der Waals surface area contributed by atoms with E-state index >= 15 is 0 Å². The molecule has 4 aromatic rings. The van der Waals surface area contributed by atoms with Gasteiger partial charge in [-0.25, -0.2) is 0 Å². The van der Waals surface area contributed by atoms with Gasteiger partial charge in [0.05, 0.1) is 0 Å². The number of aliphatic hydroxyl groups is 2. The summed E-state index contributed by atoms with van der Waals surface area (Å²) in [6, 6.07) is 36.2. The molecule has 2 N–H and O–H groups in total. The Morgan fingerprint density at radius 2 is 0.562 bits per heavy atom. The summed E-state index contributed by atoms with van der Waals surface area (Å²) < 4.78 is 90.6. The van der Waals surface area contributed by atoms with Crippen molar-refractivity contribution in [3.63, 3.8) is 0 Å². The molecular weight excluding hydrogens is 862 g/mol. The molecule has 4 aromatic carbocycles. The van der Waals surface area contributed by atoms with Gasteiger partial charge in [-0.15, -0.1) is 0 Å². The van der Waals surface area contributed by atoms with Crippen molar-refractivity contribution in [1.29, 1.82) is 0 Å². The van der Waals surface area contributed by atoms with Crippen molar-refractivity contribution in [2.45, 2.75) is 152 Å². The zero-order chi connectivity index (χ0) is 45.5. The summed E-state index contributed by atoms with van der Waals surface area (Å²) in [6.45, 7) is 14.4. The topological polar surface area (TPSA) is 167 Å². The Hall–Kier alpha value is -3.14. The Balaban J connectivity index is 0.000000162. The van der Waals surface area contributed by atoms with Crippen LogP contribution in [-0.2, 0) is 56.1 Å². The maximum atomic E-state index is 14.5. The standard InChI is InChI=1S/2C24H29O7P/c2*1-23(2)27-18-17(25)19(21-22(20(18)28-23)30-24(3,4)29-21)31-32(26,15-11-7-5-8-12-15)16-13-9-6-10-14-16/h2*5-14,17-22,25H,1-4H3/t2*17-,18-,19+,20-,21-,22+/m11/s1. The average molecular weight is 921 g/mol. The molecule has 0 aromatic heterocycles. The van der Waals surface area contributed by atoms with Crippen LogP contribution >= 0.6 is 14.7 Å². The predicted octanol–water partition coefficient (Wildman–Crippen LogP) is 5.43. The van der Waals surface area contributed by atoms with Gasteiger partial charge in [-0.3, -0.25) is 9.13 Å². The summed E-state index contributed by atoms with van der Waals surface area (Å²) in [5.74, 6) is -3.61. The highest BCUT2D eigenvalue weighted by molar-refractivity contribution is 7.74. The number of hydrogen-bond acceptors (Lipinski definition) is 14. The largest absolute Gasteiger partial charge is 0.387 e. The van der Waals surface area contributed by atoms with Crippen LogP contribution in [-0.4, -0.2) is 107 Å².